The number of nitrogens with zero attached hydrogens (tertiary/aromatic N) is 3. The number of hydrogen-bond acceptors (Lipinski definition) is 5. The molecule has 3 aromatic rings. The summed E-state index contributed by atoms with van der Waals surface area (Å²) in [5, 5.41) is 6.04. The Morgan fingerprint density at radius 2 is 1.81 bits per heavy atom. The molecule has 3 rings (SSSR count). The highest BCUT2D eigenvalue weighted by atomic mass is 16.1. The second kappa shape index (κ2) is 8.31. The molecule has 0 saturated carbocycles. The molecule has 27 heavy (non-hydrogen) atoms. The van der Waals surface area contributed by atoms with Crippen molar-refractivity contribution in [2.45, 2.75) is 13.5 Å². The number of carbonyl (C=O) groups excluding carboxylic acids is 1. The van der Waals surface area contributed by atoms with E-state index in [4.69, 9.17) is 0 Å². The molecule has 0 unspecified atom stereocenters. The molecular weight excluding hydrogens is 338 g/mol. The van der Waals surface area contributed by atoms with Crippen molar-refractivity contribution in [2.24, 2.45) is 0 Å². The van der Waals surface area contributed by atoms with E-state index in [2.05, 4.69) is 20.6 Å². The first kappa shape index (κ1) is 18.4. The lowest BCUT2D eigenvalue weighted by molar-refractivity contribution is 0.0945. The van der Waals surface area contributed by atoms with Crippen LogP contribution in [-0.2, 0) is 6.54 Å². The number of nitrogens with one attached hydrogen (secondary N) is 2. The first-order valence-electron chi connectivity index (χ1n) is 8.71. The molecule has 0 aliphatic heterocycles. The van der Waals surface area contributed by atoms with Crippen molar-refractivity contribution in [1.29, 1.82) is 0 Å². The van der Waals surface area contributed by atoms with Gasteiger partial charge in [-0.05, 0) is 36.8 Å². The summed E-state index contributed by atoms with van der Waals surface area (Å²) in [4.78, 5) is 22.8. The van der Waals surface area contributed by atoms with Crippen molar-refractivity contribution >= 4 is 23.1 Å². The molecule has 1 aromatic heterocycles. The Labute approximate surface area is 159 Å². The largest absolute Gasteiger partial charge is 0.378 e. The number of carbonyl (C=O) groups is 1. The smallest absolute Gasteiger partial charge is 0.271 e. The van der Waals surface area contributed by atoms with Gasteiger partial charge in [0.05, 0.1) is 12.4 Å². The van der Waals surface area contributed by atoms with E-state index >= 15 is 0 Å². The number of anilines is 3. The van der Waals surface area contributed by atoms with Crippen LogP contribution in [0, 0.1) is 6.92 Å². The molecular formula is C21H23N5O. The highest BCUT2D eigenvalue weighted by Gasteiger charge is 2.08. The first-order valence-corrected chi connectivity index (χ1v) is 8.71. The number of aryl methyl sites for hydroxylation is 1. The summed E-state index contributed by atoms with van der Waals surface area (Å²) in [5.41, 5.74) is 4.53. The summed E-state index contributed by atoms with van der Waals surface area (Å²) in [5.74, 6) is 0.341. The third kappa shape index (κ3) is 5.04. The van der Waals surface area contributed by atoms with Gasteiger partial charge in [-0.15, -0.1) is 0 Å². The van der Waals surface area contributed by atoms with E-state index in [-0.39, 0.29) is 11.6 Å². The standard InChI is InChI=1S/C21H23N5O/c1-15-5-4-6-16(11-15)12-24-21(27)19-13-23-20(14-22-19)25-17-7-9-18(10-8-17)26(2)3/h4-11,13-14H,12H2,1-3H3,(H,23,25)(H,24,27). The number of hydrogen-bond donors (Lipinski definition) is 2. The molecule has 2 N–H and O–H groups in total. The zero-order valence-corrected chi connectivity index (χ0v) is 15.7. The van der Waals surface area contributed by atoms with Crippen LogP contribution in [0.1, 0.15) is 21.6 Å². The van der Waals surface area contributed by atoms with Gasteiger partial charge in [-0.2, -0.15) is 0 Å². The van der Waals surface area contributed by atoms with Crippen molar-refractivity contribution in [3.05, 3.63) is 77.7 Å². The third-order valence-electron chi connectivity index (χ3n) is 4.08. The molecule has 0 spiro atoms. The number of benzene rings is 2. The summed E-state index contributed by atoms with van der Waals surface area (Å²) >= 11 is 0. The lowest BCUT2D eigenvalue weighted by Gasteiger charge is -2.13. The molecule has 6 nitrogen and oxygen atoms in total. The molecule has 138 valence electrons. The molecule has 2 aromatic carbocycles. The summed E-state index contributed by atoms with van der Waals surface area (Å²) in [6.45, 7) is 2.48. The van der Waals surface area contributed by atoms with Gasteiger partial charge in [0.1, 0.15) is 11.5 Å². The molecule has 1 amide bonds. The van der Waals surface area contributed by atoms with Gasteiger partial charge < -0.3 is 15.5 Å². The van der Waals surface area contributed by atoms with Gasteiger partial charge >= 0.3 is 0 Å². The Bertz CT molecular complexity index is 905. The van der Waals surface area contributed by atoms with Crippen LogP contribution in [0.5, 0.6) is 0 Å². The molecule has 1 heterocycles. The van der Waals surface area contributed by atoms with Crippen LogP contribution in [-0.4, -0.2) is 30.0 Å². The van der Waals surface area contributed by atoms with Crippen molar-refractivity contribution in [3.8, 4) is 0 Å². The molecule has 0 atom stereocenters. The summed E-state index contributed by atoms with van der Waals surface area (Å²) in [6.07, 6.45) is 3.03. The van der Waals surface area contributed by atoms with E-state index < -0.39 is 0 Å². The van der Waals surface area contributed by atoms with Gasteiger partial charge in [0, 0.05) is 32.0 Å². The molecule has 0 aliphatic rings. The fraction of sp³-hybridized carbons (Fsp3) is 0.190. The monoisotopic (exact) mass is 361 g/mol. The predicted molar refractivity (Wildman–Crippen MR) is 108 cm³/mol. The van der Waals surface area contributed by atoms with Gasteiger partial charge in [-0.1, -0.05) is 29.8 Å². The van der Waals surface area contributed by atoms with Crippen LogP contribution in [0.2, 0.25) is 0 Å². The van der Waals surface area contributed by atoms with E-state index in [9.17, 15) is 4.79 Å². The molecule has 0 saturated heterocycles. The van der Waals surface area contributed by atoms with Crippen molar-refractivity contribution in [2.75, 3.05) is 24.3 Å². The van der Waals surface area contributed by atoms with Crippen molar-refractivity contribution in [1.82, 2.24) is 15.3 Å². The van der Waals surface area contributed by atoms with Crippen molar-refractivity contribution < 1.29 is 4.79 Å². The molecule has 6 heteroatoms. The minimum atomic E-state index is -0.245. The minimum absolute atomic E-state index is 0.245. The van der Waals surface area contributed by atoms with E-state index in [0.29, 0.717) is 12.4 Å². The molecule has 0 bridgehead atoms. The van der Waals surface area contributed by atoms with Crippen LogP contribution < -0.4 is 15.5 Å². The Balaban J connectivity index is 1.58. The second-order valence-corrected chi connectivity index (χ2v) is 6.52. The maximum atomic E-state index is 12.2. The quantitative estimate of drug-likeness (QED) is 0.703. The van der Waals surface area contributed by atoms with Crippen LogP contribution in [0.4, 0.5) is 17.2 Å². The topological polar surface area (TPSA) is 70.2 Å². The maximum Gasteiger partial charge on any atom is 0.271 e. The molecule has 0 aliphatic carbocycles. The minimum Gasteiger partial charge on any atom is -0.378 e. The predicted octanol–water partition coefficient (Wildman–Crippen LogP) is 3.52. The molecule has 0 radical (unpaired) electrons. The lowest BCUT2D eigenvalue weighted by atomic mass is 10.1. The number of amides is 1. The fourth-order valence-corrected chi connectivity index (χ4v) is 2.60. The third-order valence-corrected chi connectivity index (χ3v) is 4.08. The van der Waals surface area contributed by atoms with Crippen LogP contribution in [0.25, 0.3) is 0 Å². The van der Waals surface area contributed by atoms with Gasteiger partial charge in [-0.25, -0.2) is 9.97 Å². The Morgan fingerprint density at radius 3 is 2.44 bits per heavy atom. The van der Waals surface area contributed by atoms with Gasteiger partial charge in [-0.3, -0.25) is 4.79 Å². The first-order chi connectivity index (χ1) is 13.0. The number of aromatic nitrogens is 2. The Hall–Kier alpha value is -3.41. The SMILES string of the molecule is Cc1cccc(CNC(=O)c2cnc(Nc3ccc(N(C)C)cc3)cn2)c1. The van der Waals surface area contributed by atoms with Crippen LogP contribution in [0.3, 0.4) is 0 Å². The Morgan fingerprint density at radius 1 is 1.04 bits per heavy atom. The van der Waals surface area contributed by atoms with Crippen LogP contribution >= 0.6 is 0 Å². The number of rotatable bonds is 6. The van der Waals surface area contributed by atoms with E-state index in [0.717, 1.165) is 22.5 Å². The summed E-state index contributed by atoms with van der Waals surface area (Å²) < 4.78 is 0. The van der Waals surface area contributed by atoms with Gasteiger partial charge in [0.25, 0.3) is 5.91 Å². The summed E-state index contributed by atoms with van der Waals surface area (Å²) in [6, 6.07) is 16.0. The maximum absolute atomic E-state index is 12.2. The van der Waals surface area contributed by atoms with Crippen LogP contribution in [0.15, 0.2) is 60.9 Å². The fourth-order valence-electron chi connectivity index (χ4n) is 2.60. The average molecular weight is 361 g/mol. The lowest BCUT2D eigenvalue weighted by Crippen LogP contribution is -2.24. The second-order valence-electron chi connectivity index (χ2n) is 6.52. The van der Waals surface area contributed by atoms with Crippen molar-refractivity contribution in [3.63, 3.8) is 0 Å². The molecule has 0 fully saturated rings. The van der Waals surface area contributed by atoms with E-state index in [1.165, 1.54) is 6.20 Å². The highest BCUT2D eigenvalue weighted by Crippen LogP contribution is 2.18. The Kier molecular flexibility index (Phi) is 5.66. The normalized spacial score (nSPS) is 10.3. The van der Waals surface area contributed by atoms with E-state index in [1.807, 2.05) is 74.4 Å². The average Bonchev–Trinajstić information content (AvgIpc) is 2.67. The van der Waals surface area contributed by atoms with Gasteiger partial charge in [0.15, 0.2) is 0 Å². The van der Waals surface area contributed by atoms with E-state index in [1.54, 1.807) is 6.20 Å². The zero-order chi connectivity index (χ0) is 19.2. The summed E-state index contributed by atoms with van der Waals surface area (Å²) in [7, 11) is 3.99. The highest BCUT2D eigenvalue weighted by molar-refractivity contribution is 5.92. The zero-order valence-electron chi connectivity index (χ0n) is 15.7. The van der Waals surface area contributed by atoms with Gasteiger partial charge in [0.2, 0.25) is 0 Å².